The fourth-order valence-electron chi connectivity index (χ4n) is 1.42. The molecule has 0 N–H and O–H groups in total. The molecular weight excluding hydrogens is 262 g/mol. The van der Waals surface area contributed by atoms with Gasteiger partial charge in [0.05, 0.1) is 4.90 Å². The van der Waals surface area contributed by atoms with Gasteiger partial charge in [-0.1, -0.05) is 36.4 Å². The summed E-state index contributed by atoms with van der Waals surface area (Å²) >= 11 is 0. The molecule has 19 heavy (non-hydrogen) atoms. The zero-order valence-corrected chi connectivity index (χ0v) is 11.2. The average Bonchev–Trinajstić information content (AvgIpc) is 2.47. The van der Waals surface area contributed by atoms with Crippen LogP contribution in [-0.2, 0) is 11.0 Å². The first-order chi connectivity index (χ1) is 9.18. The summed E-state index contributed by atoms with van der Waals surface area (Å²) in [7, 11) is -0.134. The molecule has 0 saturated carbocycles. The first-order valence-corrected chi connectivity index (χ1v) is 6.76. The number of carbonyl (C=O) groups excluding carboxylic acids is 1. The van der Waals surface area contributed by atoms with E-state index in [0.717, 1.165) is 4.31 Å². The number of hydrogen-bond acceptors (Lipinski definition) is 3. The fourth-order valence-corrected chi connectivity index (χ4v) is 2.30. The SMILES string of the molecule is CN(C(=O)Oc1ccccc1)S(=O)c1ccccc1. The van der Waals surface area contributed by atoms with Crippen LogP contribution < -0.4 is 4.74 Å². The highest BCUT2D eigenvalue weighted by Crippen LogP contribution is 2.13. The van der Waals surface area contributed by atoms with Gasteiger partial charge in [-0.25, -0.2) is 13.3 Å². The van der Waals surface area contributed by atoms with E-state index in [4.69, 9.17) is 4.74 Å². The van der Waals surface area contributed by atoms with E-state index in [0.29, 0.717) is 10.6 Å². The van der Waals surface area contributed by atoms with Crippen LogP contribution in [0.4, 0.5) is 4.79 Å². The quantitative estimate of drug-likeness (QED) is 0.865. The maximum Gasteiger partial charge on any atom is 0.427 e. The van der Waals surface area contributed by atoms with Crippen molar-refractivity contribution in [2.75, 3.05) is 7.05 Å². The number of carbonyl (C=O) groups is 1. The van der Waals surface area contributed by atoms with Crippen LogP contribution in [0.1, 0.15) is 0 Å². The Morgan fingerprint density at radius 1 is 1.00 bits per heavy atom. The third-order valence-electron chi connectivity index (χ3n) is 2.40. The normalized spacial score (nSPS) is 11.6. The Hall–Kier alpha value is -2.14. The second kappa shape index (κ2) is 6.15. The van der Waals surface area contributed by atoms with Crippen LogP contribution in [0.25, 0.3) is 0 Å². The molecule has 1 unspecified atom stereocenters. The minimum Gasteiger partial charge on any atom is -0.410 e. The van der Waals surface area contributed by atoms with Crippen LogP contribution >= 0.6 is 0 Å². The number of nitrogens with zero attached hydrogens (tertiary/aromatic N) is 1. The van der Waals surface area contributed by atoms with Crippen molar-refractivity contribution < 1.29 is 13.7 Å². The molecule has 0 heterocycles. The van der Waals surface area contributed by atoms with Crippen LogP contribution in [0, 0.1) is 0 Å². The van der Waals surface area contributed by atoms with E-state index in [9.17, 15) is 9.00 Å². The van der Waals surface area contributed by atoms with E-state index < -0.39 is 17.1 Å². The number of benzene rings is 2. The molecule has 0 bridgehead atoms. The Bertz CT molecular complexity index is 572. The Labute approximate surface area is 114 Å². The van der Waals surface area contributed by atoms with Gasteiger partial charge in [0.1, 0.15) is 5.75 Å². The van der Waals surface area contributed by atoms with Gasteiger partial charge in [-0.15, -0.1) is 0 Å². The molecule has 0 aliphatic carbocycles. The molecule has 0 fully saturated rings. The standard InChI is InChI=1S/C14H13NO3S/c1-15(19(17)13-10-6-3-7-11-13)14(16)18-12-8-4-2-5-9-12/h2-11H,1H3. The molecule has 98 valence electrons. The third-order valence-corrected chi connectivity index (χ3v) is 3.72. The molecule has 2 rings (SSSR count). The predicted molar refractivity (Wildman–Crippen MR) is 73.1 cm³/mol. The highest BCUT2D eigenvalue weighted by atomic mass is 32.2. The Morgan fingerprint density at radius 2 is 1.53 bits per heavy atom. The van der Waals surface area contributed by atoms with E-state index >= 15 is 0 Å². The van der Waals surface area contributed by atoms with E-state index in [-0.39, 0.29) is 0 Å². The van der Waals surface area contributed by atoms with Crippen LogP contribution in [0.2, 0.25) is 0 Å². The maximum absolute atomic E-state index is 12.1. The smallest absolute Gasteiger partial charge is 0.410 e. The van der Waals surface area contributed by atoms with Crippen molar-refractivity contribution in [2.45, 2.75) is 4.90 Å². The molecule has 0 aliphatic heterocycles. The van der Waals surface area contributed by atoms with E-state index in [1.807, 2.05) is 12.1 Å². The molecule has 5 heteroatoms. The van der Waals surface area contributed by atoms with Crippen molar-refractivity contribution in [3.05, 3.63) is 60.7 Å². The van der Waals surface area contributed by atoms with Gasteiger partial charge in [0.15, 0.2) is 11.0 Å². The van der Waals surface area contributed by atoms with Crippen LogP contribution in [-0.4, -0.2) is 21.7 Å². The molecule has 2 aromatic rings. The maximum atomic E-state index is 12.1. The Kier molecular flexibility index (Phi) is 4.30. The van der Waals surface area contributed by atoms with E-state index in [2.05, 4.69) is 0 Å². The summed E-state index contributed by atoms with van der Waals surface area (Å²) < 4.78 is 18.3. The summed E-state index contributed by atoms with van der Waals surface area (Å²) in [4.78, 5) is 12.4. The summed E-state index contributed by atoms with van der Waals surface area (Å²) in [6, 6.07) is 17.4. The lowest BCUT2D eigenvalue weighted by Gasteiger charge is -2.15. The number of ether oxygens (including phenoxy) is 1. The summed E-state index contributed by atoms with van der Waals surface area (Å²) in [6.07, 6.45) is -0.659. The van der Waals surface area contributed by atoms with E-state index in [1.54, 1.807) is 48.5 Å². The minimum atomic E-state index is -1.57. The molecule has 0 radical (unpaired) electrons. The van der Waals surface area contributed by atoms with E-state index in [1.165, 1.54) is 7.05 Å². The molecule has 0 aromatic heterocycles. The monoisotopic (exact) mass is 275 g/mol. The molecule has 0 saturated heterocycles. The second-order valence-electron chi connectivity index (χ2n) is 3.74. The van der Waals surface area contributed by atoms with Gasteiger partial charge in [0.2, 0.25) is 0 Å². The van der Waals surface area contributed by atoms with Crippen molar-refractivity contribution in [3.63, 3.8) is 0 Å². The van der Waals surface area contributed by atoms with Gasteiger partial charge in [-0.3, -0.25) is 0 Å². The summed E-state index contributed by atoms with van der Waals surface area (Å²) in [5.74, 6) is 0.421. The number of amides is 1. The lowest BCUT2D eigenvalue weighted by molar-refractivity contribution is 0.186. The summed E-state index contributed by atoms with van der Waals surface area (Å²) in [6.45, 7) is 0. The summed E-state index contributed by atoms with van der Waals surface area (Å²) in [5.41, 5.74) is 0. The number of para-hydroxylation sites is 1. The lowest BCUT2D eigenvalue weighted by atomic mass is 10.3. The Balaban J connectivity index is 2.06. The molecule has 2 aromatic carbocycles. The lowest BCUT2D eigenvalue weighted by Crippen LogP contribution is -2.31. The topological polar surface area (TPSA) is 46.6 Å². The zero-order valence-electron chi connectivity index (χ0n) is 10.4. The number of rotatable bonds is 3. The first-order valence-electron chi connectivity index (χ1n) is 5.66. The van der Waals surface area contributed by atoms with Gasteiger partial charge in [-0.2, -0.15) is 0 Å². The highest BCUT2D eigenvalue weighted by Gasteiger charge is 2.18. The van der Waals surface area contributed by atoms with Crippen LogP contribution in [0.5, 0.6) is 5.75 Å². The number of hydrogen-bond donors (Lipinski definition) is 0. The molecule has 4 nitrogen and oxygen atoms in total. The third kappa shape index (κ3) is 3.42. The van der Waals surface area contributed by atoms with Crippen molar-refractivity contribution in [1.29, 1.82) is 0 Å². The first kappa shape index (κ1) is 13.3. The molecule has 1 amide bonds. The van der Waals surface area contributed by atoms with Crippen LogP contribution in [0.3, 0.4) is 0 Å². The zero-order chi connectivity index (χ0) is 13.7. The molecule has 1 atom stereocenters. The van der Waals surface area contributed by atoms with Crippen molar-refractivity contribution in [2.24, 2.45) is 0 Å². The largest absolute Gasteiger partial charge is 0.427 e. The van der Waals surface area contributed by atoms with Crippen molar-refractivity contribution >= 4 is 17.1 Å². The van der Waals surface area contributed by atoms with Gasteiger partial charge in [0, 0.05) is 7.05 Å². The van der Waals surface area contributed by atoms with Crippen LogP contribution in [0.15, 0.2) is 65.6 Å². The van der Waals surface area contributed by atoms with Crippen molar-refractivity contribution in [3.8, 4) is 5.75 Å². The summed E-state index contributed by atoms with van der Waals surface area (Å²) in [5, 5.41) is 0. The Morgan fingerprint density at radius 3 is 2.11 bits per heavy atom. The molecular formula is C14H13NO3S. The van der Waals surface area contributed by atoms with Gasteiger partial charge in [-0.05, 0) is 24.3 Å². The van der Waals surface area contributed by atoms with Gasteiger partial charge < -0.3 is 4.74 Å². The highest BCUT2D eigenvalue weighted by molar-refractivity contribution is 7.83. The molecule has 0 aliphatic rings. The van der Waals surface area contributed by atoms with Gasteiger partial charge >= 0.3 is 6.09 Å². The molecule has 0 spiro atoms. The second-order valence-corrected chi connectivity index (χ2v) is 5.26. The predicted octanol–water partition coefficient (Wildman–Crippen LogP) is 2.84. The minimum absolute atomic E-state index is 0.421. The fraction of sp³-hybridized carbons (Fsp3) is 0.0714. The average molecular weight is 275 g/mol. The van der Waals surface area contributed by atoms with Gasteiger partial charge in [0.25, 0.3) is 0 Å². The van der Waals surface area contributed by atoms with Crippen molar-refractivity contribution in [1.82, 2.24) is 4.31 Å².